The third-order valence-corrected chi connectivity index (χ3v) is 3.53. The lowest BCUT2D eigenvalue weighted by Gasteiger charge is -2.45. The molecule has 0 radical (unpaired) electrons. The van der Waals surface area contributed by atoms with Crippen LogP contribution in [-0.2, 0) is 19.1 Å². The van der Waals surface area contributed by atoms with Gasteiger partial charge in [-0.2, -0.15) is 0 Å². The van der Waals surface area contributed by atoms with Gasteiger partial charge >= 0.3 is 5.97 Å². The Hall–Kier alpha value is -1.75. The van der Waals surface area contributed by atoms with Crippen LogP contribution in [-0.4, -0.2) is 74.4 Å². The van der Waals surface area contributed by atoms with Crippen molar-refractivity contribution in [1.82, 2.24) is 10.6 Å². The summed E-state index contributed by atoms with van der Waals surface area (Å²) in [7, 11) is 0. The van der Waals surface area contributed by atoms with Gasteiger partial charge in [0.25, 0.3) is 5.79 Å². The van der Waals surface area contributed by atoms with E-state index in [0.717, 1.165) is 0 Å². The van der Waals surface area contributed by atoms with Crippen LogP contribution in [0.1, 0.15) is 27.2 Å². The molecule has 0 aromatic carbocycles. The van der Waals surface area contributed by atoms with Gasteiger partial charge in [0.1, 0.15) is 6.10 Å². The number of nitrogens with one attached hydrogen (secondary N) is 2. The highest BCUT2D eigenvalue weighted by Gasteiger charge is 2.53. The number of hydrogen-bond acceptors (Lipinski definition) is 7. The molecule has 0 aromatic rings. The summed E-state index contributed by atoms with van der Waals surface area (Å²) in [5.74, 6) is -5.50. The lowest BCUT2D eigenvalue weighted by atomic mass is 9.87. The molecular formula is C13H22N2O8. The van der Waals surface area contributed by atoms with E-state index in [1.54, 1.807) is 0 Å². The molecule has 6 atom stereocenters. The number of carboxylic acid groups (broad SMARTS) is 1. The molecule has 0 aromatic heterocycles. The van der Waals surface area contributed by atoms with E-state index < -0.39 is 60.4 Å². The van der Waals surface area contributed by atoms with E-state index in [1.165, 1.54) is 20.8 Å². The maximum Gasteiger partial charge on any atom is 0.364 e. The standard InChI is InChI=1S/C13H22N2O8/c1-5(16)9(14-6(2)17)11-10(15-7(3)18)8(19)4-13(22,23-11)12(20)21/h5,8-11,16,19,22H,4H2,1-3H3,(H,14,17)(H,15,18)(H,20,21)/t5-,8-,9-,10-,11-,13?/m0/s1. The molecule has 10 heteroatoms. The molecule has 1 heterocycles. The second-order valence-corrected chi connectivity index (χ2v) is 5.64. The number of aliphatic hydroxyl groups excluding tert-OH is 2. The number of rotatable bonds is 5. The third kappa shape index (κ3) is 4.61. The topological polar surface area (TPSA) is 165 Å². The molecule has 1 saturated heterocycles. The Labute approximate surface area is 132 Å². The van der Waals surface area contributed by atoms with E-state index in [2.05, 4.69) is 10.6 Å². The van der Waals surface area contributed by atoms with Crippen molar-refractivity contribution >= 4 is 17.8 Å². The van der Waals surface area contributed by atoms with Gasteiger partial charge in [-0.25, -0.2) is 4.79 Å². The van der Waals surface area contributed by atoms with Crippen molar-refractivity contribution in [2.75, 3.05) is 0 Å². The van der Waals surface area contributed by atoms with Crippen molar-refractivity contribution < 1.29 is 39.5 Å². The number of amides is 2. The number of aliphatic hydroxyl groups is 3. The molecule has 1 fully saturated rings. The summed E-state index contributed by atoms with van der Waals surface area (Å²) < 4.78 is 5.15. The van der Waals surface area contributed by atoms with Crippen LogP contribution in [0.2, 0.25) is 0 Å². The van der Waals surface area contributed by atoms with Gasteiger partial charge in [0.2, 0.25) is 11.8 Å². The third-order valence-electron chi connectivity index (χ3n) is 3.53. The molecule has 0 aliphatic carbocycles. The van der Waals surface area contributed by atoms with Crippen LogP contribution in [0.5, 0.6) is 0 Å². The Morgan fingerprint density at radius 3 is 2.22 bits per heavy atom. The number of carbonyl (C=O) groups is 3. The van der Waals surface area contributed by atoms with Crippen LogP contribution in [0.15, 0.2) is 0 Å². The molecule has 1 aliphatic rings. The van der Waals surface area contributed by atoms with E-state index in [9.17, 15) is 29.7 Å². The Kier molecular flexibility index (Phi) is 6.05. The minimum Gasteiger partial charge on any atom is -0.477 e. The molecule has 6 N–H and O–H groups in total. The van der Waals surface area contributed by atoms with Crippen LogP contribution < -0.4 is 10.6 Å². The van der Waals surface area contributed by atoms with Crippen LogP contribution in [0.4, 0.5) is 0 Å². The molecule has 0 spiro atoms. The summed E-state index contributed by atoms with van der Waals surface area (Å²) >= 11 is 0. The fraction of sp³-hybridized carbons (Fsp3) is 0.769. The van der Waals surface area contributed by atoms with E-state index in [0.29, 0.717) is 0 Å². The molecule has 2 amide bonds. The van der Waals surface area contributed by atoms with Crippen molar-refractivity contribution in [2.24, 2.45) is 0 Å². The quantitative estimate of drug-likeness (QED) is 0.316. The first-order valence-corrected chi connectivity index (χ1v) is 7.02. The monoisotopic (exact) mass is 334 g/mol. The van der Waals surface area contributed by atoms with Gasteiger partial charge in [-0.05, 0) is 6.92 Å². The minimum atomic E-state index is -2.70. The Morgan fingerprint density at radius 1 is 1.26 bits per heavy atom. The number of carboxylic acids is 1. The van der Waals surface area contributed by atoms with Crippen LogP contribution in [0.3, 0.4) is 0 Å². The van der Waals surface area contributed by atoms with Crippen molar-refractivity contribution in [1.29, 1.82) is 0 Å². The van der Waals surface area contributed by atoms with Crippen molar-refractivity contribution in [3.63, 3.8) is 0 Å². The van der Waals surface area contributed by atoms with Crippen molar-refractivity contribution in [3.8, 4) is 0 Å². The number of ether oxygens (including phenoxy) is 1. The first-order valence-electron chi connectivity index (χ1n) is 7.02. The summed E-state index contributed by atoms with van der Waals surface area (Å²) in [4.78, 5) is 33.8. The normalized spacial score (nSPS) is 33.4. The van der Waals surface area contributed by atoms with Crippen molar-refractivity contribution in [2.45, 2.75) is 63.4 Å². The summed E-state index contributed by atoms with van der Waals surface area (Å²) in [5, 5.41) is 43.8. The molecule has 0 bridgehead atoms. The lowest BCUT2D eigenvalue weighted by molar-refractivity contribution is -0.283. The second kappa shape index (κ2) is 7.21. The van der Waals surface area contributed by atoms with E-state index in [4.69, 9.17) is 9.84 Å². The average Bonchev–Trinajstić information content (AvgIpc) is 2.38. The van der Waals surface area contributed by atoms with Crippen LogP contribution >= 0.6 is 0 Å². The Bertz CT molecular complexity index is 465. The summed E-state index contributed by atoms with van der Waals surface area (Å²) in [6, 6.07) is -2.29. The first kappa shape index (κ1) is 19.3. The lowest BCUT2D eigenvalue weighted by Crippen LogP contribution is -2.69. The fourth-order valence-corrected chi connectivity index (χ4v) is 2.54. The Balaban J connectivity index is 3.21. The molecule has 1 aliphatic heterocycles. The van der Waals surface area contributed by atoms with Crippen molar-refractivity contribution in [3.05, 3.63) is 0 Å². The largest absolute Gasteiger partial charge is 0.477 e. The molecule has 1 rings (SSSR count). The van der Waals surface area contributed by atoms with Gasteiger partial charge in [0, 0.05) is 20.3 Å². The molecule has 132 valence electrons. The van der Waals surface area contributed by atoms with Crippen LogP contribution in [0, 0.1) is 0 Å². The van der Waals surface area contributed by atoms with Crippen LogP contribution in [0.25, 0.3) is 0 Å². The zero-order valence-electron chi connectivity index (χ0n) is 13.0. The second-order valence-electron chi connectivity index (χ2n) is 5.64. The maximum atomic E-state index is 11.3. The predicted molar refractivity (Wildman–Crippen MR) is 75.0 cm³/mol. The van der Waals surface area contributed by atoms with Gasteiger partial charge in [0.15, 0.2) is 0 Å². The molecule has 0 saturated carbocycles. The van der Waals surface area contributed by atoms with E-state index in [-0.39, 0.29) is 0 Å². The highest BCUT2D eigenvalue weighted by atomic mass is 16.7. The van der Waals surface area contributed by atoms with Gasteiger partial charge < -0.3 is 35.8 Å². The fourth-order valence-electron chi connectivity index (χ4n) is 2.54. The summed E-state index contributed by atoms with van der Waals surface area (Å²) in [6.45, 7) is 3.67. The maximum absolute atomic E-state index is 11.3. The Morgan fingerprint density at radius 2 is 1.83 bits per heavy atom. The van der Waals surface area contributed by atoms with E-state index in [1.807, 2.05) is 0 Å². The first-order chi connectivity index (χ1) is 10.5. The molecule has 1 unspecified atom stereocenters. The zero-order chi connectivity index (χ0) is 17.9. The predicted octanol–water partition coefficient (Wildman–Crippen LogP) is -2.70. The average molecular weight is 334 g/mol. The highest BCUT2D eigenvalue weighted by molar-refractivity contribution is 5.76. The number of aliphatic carboxylic acids is 1. The smallest absolute Gasteiger partial charge is 0.364 e. The van der Waals surface area contributed by atoms with Gasteiger partial charge in [-0.3, -0.25) is 9.59 Å². The van der Waals surface area contributed by atoms with E-state index >= 15 is 0 Å². The number of carbonyl (C=O) groups excluding carboxylic acids is 2. The molecule has 23 heavy (non-hydrogen) atoms. The summed E-state index contributed by atoms with van der Waals surface area (Å²) in [6.07, 6.45) is -4.72. The molecule has 10 nitrogen and oxygen atoms in total. The van der Waals surface area contributed by atoms with Gasteiger partial charge in [0.05, 0.1) is 24.3 Å². The highest BCUT2D eigenvalue weighted by Crippen LogP contribution is 2.30. The van der Waals surface area contributed by atoms with Gasteiger partial charge in [-0.15, -0.1) is 0 Å². The SMILES string of the molecule is CC(=O)N[C@H]([C@@H]1OC(O)(C(=O)O)C[C@H](O)[C@@H]1NC(C)=O)[C@H](C)O. The summed E-state index contributed by atoms with van der Waals surface area (Å²) in [5.41, 5.74) is 0. The van der Waals surface area contributed by atoms with Gasteiger partial charge in [-0.1, -0.05) is 0 Å². The zero-order valence-corrected chi connectivity index (χ0v) is 13.0. The minimum absolute atomic E-state index is 0.532. The molecular weight excluding hydrogens is 312 g/mol. The number of hydrogen-bond donors (Lipinski definition) is 6.